The van der Waals surface area contributed by atoms with Crippen LogP contribution in [0.25, 0.3) is 0 Å². The van der Waals surface area contributed by atoms with E-state index in [4.69, 9.17) is 18.9 Å². The molecular formula is C35H34N2O10S. The molecule has 5 rings (SSSR count). The standard InChI is InChI=1S/C35H34N2O10S/c1-3-44-29(40)19-35(34(42)47-31(24-13-7-4-8-14-24)25-15-9-5-10-16-25)26(20-45-23(2)38)22-48(43)33-30(32(41)37(33)35)36-28(39)21-46-27-17-11-6-12-18-27/h4-18,22,30-31,33H,3,19-21H2,1-2H3,(H,36,39)/t30-,33-,35?,48?/m1/s1. The maximum atomic E-state index is 14.7. The number of nitrogens with zero attached hydrogens (tertiary/aromatic N) is 1. The summed E-state index contributed by atoms with van der Waals surface area (Å²) in [4.78, 5) is 67.6. The van der Waals surface area contributed by atoms with Crippen LogP contribution in [0.5, 0.6) is 5.75 Å². The zero-order chi connectivity index (χ0) is 34.3. The molecule has 2 aliphatic heterocycles. The van der Waals surface area contributed by atoms with Crippen molar-refractivity contribution in [3.05, 3.63) is 113 Å². The largest absolute Gasteiger partial charge is 0.484 e. The average molecular weight is 675 g/mol. The van der Waals surface area contributed by atoms with Crippen molar-refractivity contribution in [1.82, 2.24) is 10.2 Å². The Balaban J connectivity index is 1.53. The summed E-state index contributed by atoms with van der Waals surface area (Å²) in [5.41, 5.74) is -1.14. The van der Waals surface area contributed by atoms with E-state index in [1.54, 1.807) is 97.9 Å². The third kappa shape index (κ3) is 7.15. The molecule has 12 nitrogen and oxygen atoms in total. The van der Waals surface area contributed by atoms with Gasteiger partial charge in [0.2, 0.25) is 0 Å². The van der Waals surface area contributed by atoms with Gasteiger partial charge in [-0.05, 0) is 30.2 Å². The molecule has 2 aliphatic rings. The highest BCUT2D eigenvalue weighted by atomic mass is 32.2. The van der Waals surface area contributed by atoms with Gasteiger partial charge in [-0.15, -0.1) is 0 Å². The van der Waals surface area contributed by atoms with Crippen LogP contribution in [0.15, 0.2) is 102 Å². The molecule has 13 heteroatoms. The lowest BCUT2D eigenvalue weighted by atomic mass is 9.80. The number of amides is 2. The quantitative estimate of drug-likeness (QED) is 0.163. The molecule has 0 bridgehead atoms. The van der Waals surface area contributed by atoms with E-state index in [0.29, 0.717) is 16.9 Å². The Hall–Kier alpha value is -5.30. The number of β-lactam (4-membered cyclic amide) rings is 1. The lowest BCUT2D eigenvalue weighted by Crippen LogP contribution is -2.81. The molecule has 3 aromatic carbocycles. The van der Waals surface area contributed by atoms with E-state index in [-0.39, 0.29) is 12.2 Å². The second-order valence-corrected chi connectivity index (χ2v) is 12.3. The monoisotopic (exact) mass is 674 g/mol. The maximum absolute atomic E-state index is 14.7. The van der Waals surface area contributed by atoms with Crippen molar-refractivity contribution < 1.29 is 47.1 Å². The third-order valence-corrected chi connectivity index (χ3v) is 9.29. The number of nitrogens with one attached hydrogen (secondary N) is 1. The van der Waals surface area contributed by atoms with Gasteiger partial charge in [-0.1, -0.05) is 78.9 Å². The second kappa shape index (κ2) is 15.1. The summed E-state index contributed by atoms with van der Waals surface area (Å²) >= 11 is 0. The normalized spacial score (nSPS) is 21.2. The smallest absolute Gasteiger partial charge is 0.338 e. The van der Waals surface area contributed by atoms with Gasteiger partial charge in [-0.25, -0.2) is 4.79 Å². The van der Waals surface area contributed by atoms with E-state index in [2.05, 4.69) is 5.32 Å². The fourth-order valence-corrected chi connectivity index (χ4v) is 7.25. The van der Waals surface area contributed by atoms with Gasteiger partial charge >= 0.3 is 17.9 Å². The minimum atomic E-state index is -2.24. The Kier molecular flexibility index (Phi) is 10.7. The van der Waals surface area contributed by atoms with Crippen LogP contribution in [0.4, 0.5) is 0 Å². The van der Waals surface area contributed by atoms with E-state index in [0.717, 1.165) is 11.8 Å². The Morgan fingerprint density at radius 3 is 2.04 bits per heavy atom. The fourth-order valence-electron chi connectivity index (χ4n) is 5.63. The number of carbonyl (C=O) groups excluding carboxylic acids is 5. The summed E-state index contributed by atoms with van der Waals surface area (Å²) in [5.74, 6) is -3.66. The van der Waals surface area contributed by atoms with Gasteiger partial charge in [0.1, 0.15) is 23.8 Å². The van der Waals surface area contributed by atoms with Gasteiger partial charge < -0.3 is 29.2 Å². The SMILES string of the molecule is CCOC(=O)CC1(C(=O)OC(c2ccccc2)c2ccccc2)C(COC(C)=O)=CS(=O)[C@@H]2[C@H](NC(=O)COc3ccccc3)C(=O)N21. The molecule has 3 aromatic rings. The van der Waals surface area contributed by atoms with Crippen molar-refractivity contribution in [2.75, 3.05) is 19.8 Å². The number of ether oxygens (including phenoxy) is 4. The summed E-state index contributed by atoms with van der Waals surface area (Å²) in [7, 11) is -2.01. The van der Waals surface area contributed by atoms with Crippen LogP contribution < -0.4 is 10.1 Å². The zero-order valence-electron chi connectivity index (χ0n) is 26.2. The number of para-hydroxylation sites is 1. The molecule has 48 heavy (non-hydrogen) atoms. The number of rotatable bonds is 13. The lowest BCUT2D eigenvalue weighted by Gasteiger charge is -2.56. The molecule has 1 N–H and O–H groups in total. The van der Waals surface area contributed by atoms with Gasteiger partial charge in [0.25, 0.3) is 11.8 Å². The van der Waals surface area contributed by atoms with Gasteiger partial charge in [0.15, 0.2) is 18.2 Å². The maximum Gasteiger partial charge on any atom is 0.338 e. The summed E-state index contributed by atoms with van der Waals surface area (Å²) in [5, 5.41) is 2.45. The first-order valence-electron chi connectivity index (χ1n) is 15.2. The second-order valence-electron chi connectivity index (χ2n) is 10.9. The van der Waals surface area contributed by atoms with Crippen LogP contribution in [-0.4, -0.2) is 75.6 Å². The van der Waals surface area contributed by atoms with Crippen LogP contribution in [0, 0.1) is 0 Å². The van der Waals surface area contributed by atoms with E-state index < -0.39 is 83.2 Å². The van der Waals surface area contributed by atoms with Crippen molar-refractivity contribution in [3.63, 3.8) is 0 Å². The first-order valence-corrected chi connectivity index (χ1v) is 16.4. The summed E-state index contributed by atoms with van der Waals surface area (Å²) in [6.07, 6.45) is -1.72. The number of benzene rings is 3. The van der Waals surface area contributed by atoms with Crippen LogP contribution in [0.2, 0.25) is 0 Å². The van der Waals surface area contributed by atoms with E-state index >= 15 is 0 Å². The summed E-state index contributed by atoms with van der Waals surface area (Å²) < 4.78 is 35.8. The highest BCUT2D eigenvalue weighted by Crippen LogP contribution is 2.45. The Morgan fingerprint density at radius 1 is 0.896 bits per heavy atom. The number of hydrogen-bond donors (Lipinski definition) is 1. The van der Waals surface area contributed by atoms with E-state index in [1.807, 2.05) is 0 Å². The zero-order valence-corrected chi connectivity index (χ0v) is 27.1. The van der Waals surface area contributed by atoms with E-state index in [9.17, 15) is 28.2 Å². The van der Waals surface area contributed by atoms with E-state index in [1.165, 1.54) is 5.41 Å². The predicted octanol–water partition coefficient (Wildman–Crippen LogP) is 2.95. The topological polar surface area (TPSA) is 155 Å². The first-order chi connectivity index (χ1) is 23.1. The molecule has 4 atom stereocenters. The number of carbonyl (C=O) groups is 5. The lowest BCUT2D eigenvalue weighted by molar-refractivity contribution is -0.180. The van der Waals surface area contributed by atoms with Gasteiger partial charge in [-0.2, -0.15) is 0 Å². The molecule has 250 valence electrons. The first kappa shape index (κ1) is 34.0. The molecule has 0 aliphatic carbocycles. The highest BCUT2D eigenvalue weighted by molar-refractivity contribution is 7.88. The van der Waals surface area contributed by atoms with Crippen LogP contribution in [0.1, 0.15) is 37.5 Å². The Bertz CT molecular complexity index is 1680. The molecule has 2 heterocycles. The number of fused-ring (bicyclic) bond motifs is 1. The van der Waals surface area contributed by atoms with Crippen molar-refractivity contribution in [1.29, 1.82) is 0 Å². The predicted molar refractivity (Wildman–Crippen MR) is 172 cm³/mol. The molecule has 1 fully saturated rings. The molecule has 0 radical (unpaired) electrons. The molecule has 1 saturated heterocycles. The average Bonchev–Trinajstić information content (AvgIpc) is 3.09. The number of hydrogen-bond acceptors (Lipinski definition) is 10. The molecule has 0 spiro atoms. The molecular weight excluding hydrogens is 640 g/mol. The van der Waals surface area contributed by atoms with Crippen molar-refractivity contribution in [3.8, 4) is 5.75 Å². The Labute approximate surface area is 279 Å². The van der Waals surface area contributed by atoms with Crippen LogP contribution >= 0.6 is 0 Å². The number of esters is 3. The van der Waals surface area contributed by atoms with Crippen LogP contribution in [-0.2, 0) is 49.0 Å². The fraction of sp³-hybridized carbons (Fsp3) is 0.286. The van der Waals surface area contributed by atoms with Gasteiger partial charge in [-0.3, -0.25) is 23.4 Å². The summed E-state index contributed by atoms with van der Waals surface area (Å²) in [6.45, 7) is 1.68. The molecule has 0 saturated carbocycles. The minimum Gasteiger partial charge on any atom is -0.484 e. The highest BCUT2D eigenvalue weighted by Gasteiger charge is 2.67. The molecule has 0 aromatic heterocycles. The van der Waals surface area contributed by atoms with Gasteiger partial charge in [0.05, 0.1) is 23.8 Å². The molecule has 2 amide bonds. The van der Waals surface area contributed by atoms with Gasteiger partial charge in [0, 0.05) is 17.9 Å². The van der Waals surface area contributed by atoms with Crippen molar-refractivity contribution >= 4 is 40.5 Å². The minimum absolute atomic E-state index is 0.0347. The third-order valence-electron chi connectivity index (χ3n) is 7.82. The molecule has 2 unspecified atom stereocenters. The Morgan fingerprint density at radius 2 is 1.48 bits per heavy atom. The summed E-state index contributed by atoms with van der Waals surface area (Å²) in [6, 6.07) is 25.0. The van der Waals surface area contributed by atoms with Crippen molar-refractivity contribution in [2.45, 2.75) is 43.3 Å². The van der Waals surface area contributed by atoms with Crippen molar-refractivity contribution in [2.24, 2.45) is 0 Å². The van der Waals surface area contributed by atoms with Crippen LogP contribution in [0.3, 0.4) is 0 Å².